The van der Waals surface area contributed by atoms with Gasteiger partial charge >= 0.3 is 6.03 Å². The van der Waals surface area contributed by atoms with Gasteiger partial charge in [-0.3, -0.25) is 10.2 Å². The second-order valence-electron chi connectivity index (χ2n) is 9.69. The number of rotatable bonds is 8. The van der Waals surface area contributed by atoms with Crippen LogP contribution in [-0.4, -0.2) is 75.1 Å². The van der Waals surface area contributed by atoms with Crippen LogP contribution in [0.25, 0.3) is 16.9 Å². The highest BCUT2D eigenvalue weighted by atomic mass is 19.2. The van der Waals surface area contributed by atoms with Crippen LogP contribution in [0.1, 0.15) is 22.9 Å². The molecule has 2 N–H and O–H groups in total. The van der Waals surface area contributed by atoms with Gasteiger partial charge in [-0.15, -0.1) is 0 Å². The van der Waals surface area contributed by atoms with Crippen LogP contribution in [0.3, 0.4) is 0 Å². The highest BCUT2D eigenvalue weighted by Gasteiger charge is 2.35. The molecule has 2 amide bonds. The molecule has 4 heterocycles. The second kappa shape index (κ2) is 11.8. The number of carbonyl (C=O) groups excluding carboxylic acids is 1. The lowest BCUT2D eigenvalue weighted by molar-refractivity contribution is 0.159. The number of para-hydroxylation sites is 1. The summed E-state index contributed by atoms with van der Waals surface area (Å²) in [6.07, 6.45) is 4.72. The lowest BCUT2D eigenvalue weighted by Gasteiger charge is -2.21. The summed E-state index contributed by atoms with van der Waals surface area (Å²) in [6, 6.07) is 9.76. The molecule has 1 fully saturated rings. The fourth-order valence-electron chi connectivity index (χ4n) is 4.91. The number of nitrogens with zero attached hydrogens (tertiary/aromatic N) is 6. The maximum atomic E-state index is 14.0. The van der Waals surface area contributed by atoms with Crippen LogP contribution in [0.4, 0.5) is 19.4 Å². The van der Waals surface area contributed by atoms with Crippen molar-refractivity contribution in [2.45, 2.75) is 25.8 Å². The SMILES string of the molecule is COCCN1C[C@@H](NC(=O)Nc2c(C)c(-c3cnc(C)nc3)nn2-c2ccccc2)[C@H](c2cnc(F)c(F)c2)C1. The maximum absolute atomic E-state index is 14.0. The number of likely N-dealkylation sites (tertiary alicyclic amines) is 1. The Morgan fingerprint density at radius 2 is 1.82 bits per heavy atom. The molecule has 4 aromatic rings. The average molecular weight is 549 g/mol. The van der Waals surface area contributed by atoms with Crippen LogP contribution in [-0.2, 0) is 4.74 Å². The number of hydrogen-bond donors (Lipinski definition) is 2. The van der Waals surface area contributed by atoms with Crippen LogP contribution in [0.2, 0.25) is 0 Å². The third-order valence-corrected chi connectivity index (χ3v) is 6.98. The Hall–Kier alpha value is -4.29. The highest BCUT2D eigenvalue weighted by Crippen LogP contribution is 2.31. The van der Waals surface area contributed by atoms with Gasteiger partial charge in [0, 0.05) is 62.4 Å². The largest absolute Gasteiger partial charge is 0.383 e. The molecule has 0 radical (unpaired) electrons. The van der Waals surface area contributed by atoms with Gasteiger partial charge in [0.05, 0.1) is 18.3 Å². The molecule has 12 heteroatoms. The molecule has 1 aliphatic rings. The van der Waals surface area contributed by atoms with Gasteiger partial charge in [-0.2, -0.15) is 9.49 Å². The van der Waals surface area contributed by atoms with Gasteiger partial charge in [-0.25, -0.2) is 28.8 Å². The van der Waals surface area contributed by atoms with E-state index in [1.807, 2.05) is 37.3 Å². The van der Waals surface area contributed by atoms with E-state index in [1.54, 1.807) is 31.1 Å². The molecular weight excluding hydrogens is 518 g/mol. The third kappa shape index (κ3) is 5.82. The number of nitrogens with one attached hydrogen (secondary N) is 2. The van der Waals surface area contributed by atoms with E-state index < -0.39 is 17.8 Å². The minimum Gasteiger partial charge on any atom is -0.383 e. The lowest BCUT2D eigenvalue weighted by Crippen LogP contribution is -2.42. The van der Waals surface area contributed by atoms with E-state index in [1.165, 1.54) is 6.20 Å². The Balaban J connectivity index is 1.42. The Bertz CT molecular complexity index is 1480. The van der Waals surface area contributed by atoms with Crippen molar-refractivity contribution in [3.63, 3.8) is 0 Å². The van der Waals surface area contributed by atoms with Crippen molar-refractivity contribution in [1.82, 2.24) is 34.9 Å². The number of urea groups is 1. The van der Waals surface area contributed by atoms with Crippen molar-refractivity contribution in [3.8, 4) is 16.9 Å². The minimum atomic E-state index is -1.15. The van der Waals surface area contributed by atoms with E-state index >= 15 is 0 Å². The summed E-state index contributed by atoms with van der Waals surface area (Å²) in [4.78, 5) is 27.7. The number of carbonyl (C=O) groups is 1. The normalized spacial score (nSPS) is 17.2. The van der Waals surface area contributed by atoms with E-state index in [9.17, 15) is 13.6 Å². The number of anilines is 1. The van der Waals surface area contributed by atoms with Crippen molar-refractivity contribution >= 4 is 11.8 Å². The summed E-state index contributed by atoms with van der Waals surface area (Å²) in [7, 11) is 1.62. The average Bonchev–Trinajstić information content (AvgIpc) is 3.50. The van der Waals surface area contributed by atoms with Gasteiger partial charge in [-0.05, 0) is 37.6 Å². The monoisotopic (exact) mass is 548 g/mol. The summed E-state index contributed by atoms with van der Waals surface area (Å²) in [5, 5.41) is 10.8. The number of ether oxygens (including phenoxy) is 1. The van der Waals surface area contributed by atoms with Gasteiger partial charge in [0.2, 0.25) is 5.95 Å². The third-order valence-electron chi connectivity index (χ3n) is 6.98. The van der Waals surface area contributed by atoms with Crippen molar-refractivity contribution in [2.24, 2.45) is 0 Å². The first kappa shape index (κ1) is 27.3. The van der Waals surface area contributed by atoms with Crippen LogP contribution >= 0.6 is 0 Å². The smallest absolute Gasteiger partial charge is 0.320 e. The molecule has 2 atom stereocenters. The van der Waals surface area contributed by atoms with Gasteiger partial charge < -0.3 is 10.1 Å². The molecule has 0 spiro atoms. The lowest BCUT2D eigenvalue weighted by atomic mass is 9.96. The quantitative estimate of drug-likeness (QED) is 0.322. The topological polar surface area (TPSA) is 110 Å². The molecule has 0 unspecified atom stereocenters. The van der Waals surface area contributed by atoms with Crippen molar-refractivity contribution in [1.29, 1.82) is 0 Å². The number of benzene rings is 1. The zero-order valence-electron chi connectivity index (χ0n) is 22.4. The Morgan fingerprint density at radius 1 is 1.07 bits per heavy atom. The molecule has 0 bridgehead atoms. The molecule has 40 heavy (non-hydrogen) atoms. The zero-order valence-corrected chi connectivity index (χ0v) is 22.4. The zero-order chi connectivity index (χ0) is 28.2. The van der Waals surface area contributed by atoms with E-state index in [-0.39, 0.29) is 12.0 Å². The van der Waals surface area contributed by atoms with E-state index in [2.05, 4.69) is 30.5 Å². The molecule has 10 nitrogen and oxygen atoms in total. The predicted octanol–water partition coefficient (Wildman–Crippen LogP) is 3.86. The van der Waals surface area contributed by atoms with E-state index in [0.717, 1.165) is 22.9 Å². The first-order chi connectivity index (χ1) is 19.3. The van der Waals surface area contributed by atoms with Gasteiger partial charge in [0.25, 0.3) is 0 Å². The van der Waals surface area contributed by atoms with Crippen molar-refractivity contribution in [2.75, 3.05) is 38.7 Å². The number of halogens is 2. The molecular formula is C28H30F2N8O2. The van der Waals surface area contributed by atoms with Crippen LogP contribution in [0, 0.1) is 25.6 Å². The molecule has 0 aliphatic carbocycles. The summed E-state index contributed by atoms with van der Waals surface area (Å²) in [6.45, 7) is 5.84. The number of pyridine rings is 1. The Kier molecular flexibility index (Phi) is 8.08. The Labute approximate surface area is 230 Å². The Morgan fingerprint density at radius 3 is 2.52 bits per heavy atom. The molecule has 1 saturated heterocycles. The summed E-state index contributed by atoms with van der Waals surface area (Å²) in [5.41, 5.74) is 3.36. The van der Waals surface area contributed by atoms with Crippen molar-refractivity contribution < 1.29 is 18.3 Å². The van der Waals surface area contributed by atoms with Crippen LogP contribution in [0.15, 0.2) is 55.0 Å². The first-order valence-electron chi connectivity index (χ1n) is 12.9. The van der Waals surface area contributed by atoms with Gasteiger partial charge in [0.15, 0.2) is 5.82 Å². The van der Waals surface area contributed by atoms with Gasteiger partial charge in [-0.1, -0.05) is 18.2 Å². The number of methoxy groups -OCH3 is 1. The van der Waals surface area contributed by atoms with E-state index in [0.29, 0.717) is 49.1 Å². The summed E-state index contributed by atoms with van der Waals surface area (Å²) in [5.74, 6) is -1.35. The highest BCUT2D eigenvalue weighted by molar-refractivity contribution is 5.91. The standard InChI is InChI=1S/C28H30F2N8O2/c1-17-25(20-13-31-18(2)32-14-20)36-38(21-7-5-4-6-8-21)27(17)35-28(39)34-24-16-37(9-10-40-3)15-22(24)19-11-23(29)26(30)33-12-19/h4-8,11-14,22,24H,9-10,15-16H2,1-3H3,(H2,34,35,39)/t22-,24+/m0/s1. The number of aromatic nitrogens is 5. The van der Waals surface area contributed by atoms with Crippen LogP contribution < -0.4 is 10.6 Å². The molecule has 3 aromatic heterocycles. The summed E-state index contributed by atoms with van der Waals surface area (Å²) < 4.78 is 34.4. The molecule has 0 saturated carbocycles. The molecule has 1 aliphatic heterocycles. The predicted molar refractivity (Wildman–Crippen MR) is 145 cm³/mol. The molecule has 5 rings (SSSR count). The minimum absolute atomic E-state index is 0.300. The molecule has 1 aromatic carbocycles. The maximum Gasteiger partial charge on any atom is 0.320 e. The fourth-order valence-corrected chi connectivity index (χ4v) is 4.91. The number of amides is 2. The molecule has 208 valence electrons. The van der Waals surface area contributed by atoms with Crippen molar-refractivity contribution in [3.05, 3.63) is 83.7 Å². The van der Waals surface area contributed by atoms with Crippen LogP contribution in [0.5, 0.6) is 0 Å². The fraction of sp³-hybridized carbons (Fsp3) is 0.321. The van der Waals surface area contributed by atoms with E-state index in [4.69, 9.17) is 9.84 Å². The number of aryl methyl sites for hydroxylation is 1. The van der Waals surface area contributed by atoms with Gasteiger partial charge in [0.1, 0.15) is 17.3 Å². The first-order valence-corrected chi connectivity index (χ1v) is 12.9. The number of hydrogen-bond acceptors (Lipinski definition) is 7. The summed E-state index contributed by atoms with van der Waals surface area (Å²) >= 11 is 0. The second-order valence-corrected chi connectivity index (χ2v) is 9.69.